The van der Waals surface area contributed by atoms with Crippen molar-refractivity contribution in [1.29, 1.82) is 0 Å². The molecule has 19 heavy (non-hydrogen) atoms. The van der Waals surface area contributed by atoms with Crippen LogP contribution in [0.3, 0.4) is 0 Å². The summed E-state index contributed by atoms with van der Waals surface area (Å²) >= 11 is 7.80. The SMILES string of the molecule is Cc1ccc(CC(C)Nc2cnn(C)c(=O)c2Cl)s1. The average Bonchev–Trinajstić information content (AvgIpc) is 2.75. The lowest BCUT2D eigenvalue weighted by molar-refractivity contribution is 0.704. The average molecular weight is 298 g/mol. The van der Waals surface area contributed by atoms with Crippen molar-refractivity contribution in [2.24, 2.45) is 7.05 Å². The van der Waals surface area contributed by atoms with Crippen LogP contribution in [0.5, 0.6) is 0 Å². The fraction of sp³-hybridized carbons (Fsp3) is 0.385. The highest BCUT2D eigenvalue weighted by molar-refractivity contribution is 7.11. The molecule has 2 rings (SSSR count). The Morgan fingerprint density at radius 1 is 1.53 bits per heavy atom. The number of halogens is 1. The highest BCUT2D eigenvalue weighted by atomic mass is 35.5. The molecule has 0 spiro atoms. The molecule has 1 N–H and O–H groups in total. The molecule has 0 aliphatic heterocycles. The lowest BCUT2D eigenvalue weighted by Crippen LogP contribution is -2.24. The van der Waals surface area contributed by atoms with E-state index in [1.54, 1.807) is 24.6 Å². The predicted octanol–water partition coefficient (Wildman–Crippen LogP) is 2.85. The van der Waals surface area contributed by atoms with Gasteiger partial charge >= 0.3 is 0 Å². The third kappa shape index (κ3) is 3.36. The number of hydrogen-bond acceptors (Lipinski definition) is 4. The van der Waals surface area contributed by atoms with Crippen LogP contribution in [-0.2, 0) is 13.5 Å². The Morgan fingerprint density at radius 3 is 2.89 bits per heavy atom. The number of aromatic nitrogens is 2. The van der Waals surface area contributed by atoms with Crippen molar-refractivity contribution in [2.45, 2.75) is 26.3 Å². The van der Waals surface area contributed by atoms with Crippen LogP contribution in [0.1, 0.15) is 16.7 Å². The van der Waals surface area contributed by atoms with Gasteiger partial charge in [-0.25, -0.2) is 4.68 Å². The van der Waals surface area contributed by atoms with Gasteiger partial charge in [0.15, 0.2) is 0 Å². The molecule has 0 saturated heterocycles. The van der Waals surface area contributed by atoms with E-state index >= 15 is 0 Å². The largest absolute Gasteiger partial charge is 0.380 e. The molecule has 6 heteroatoms. The Morgan fingerprint density at radius 2 is 2.26 bits per heavy atom. The first kappa shape index (κ1) is 14.1. The first-order valence-electron chi connectivity index (χ1n) is 6.01. The number of anilines is 1. The van der Waals surface area contributed by atoms with Crippen molar-refractivity contribution in [3.8, 4) is 0 Å². The van der Waals surface area contributed by atoms with Gasteiger partial charge in [0.2, 0.25) is 0 Å². The van der Waals surface area contributed by atoms with E-state index in [0.717, 1.165) is 6.42 Å². The van der Waals surface area contributed by atoms with Crippen molar-refractivity contribution in [3.05, 3.63) is 43.5 Å². The number of thiophene rings is 1. The molecule has 0 radical (unpaired) electrons. The van der Waals surface area contributed by atoms with Gasteiger partial charge in [-0.15, -0.1) is 11.3 Å². The molecule has 0 bridgehead atoms. The lowest BCUT2D eigenvalue weighted by atomic mass is 10.2. The third-order valence-corrected chi connectivity index (χ3v) is 4.17. The molecule has 4 nitrogen and oxygen atoms in total. The number of aryl methyl sites for hydroxylation is 2. The minimum atomic E-state index is -0.286. The summed E-state index contributed by atoms with van der Waals surface area (Å²) < 4.78 is 1.22. The van der Waals surface area contributed by atoms with Gasteiger partial charge in [0, 0.05) is 29.3 Å². The molecule has 0 fully saturated rings. The van der Waals surface area contributed by atoms with Crippen LogP contribution in [0.2, 0.25) is 5.02 Å². The maximum absolute atomic E-state index is 11.7. The molecule has 2 aromatic rings. The van der Waals surface area contributed by atoms with Crippen molar-refractivity contribution in [3.63, 3.8) is 0 Å². The smallest absolute Gasteiger partial charge is 0.287 e. The topological polar surface area (TPSA) is 46.9 Å². The van der Waals surface area contributed by atoms with Crippen LogP contribution in [0, 0.1) is 6.92 Å². The van der Waals surface area contributed by atoms with E-state index in [1.807, 2.05) is 0 Å². The molecule has 0 aromatic carbocycles. The lowest BCUT2D eigenvalue weighted by Gasteiger charge is -2.15. The standard InChI is InChI=1S/C13H16ClN3OS/c1-8(6-10-5-4-9(2)19-10)16-11-7-15-17(3)13(18)12(11)14/h4-5,7-8,16H,6H2,1-3H3. The number of rotatable bonds is 4. The van der Waals surface area contributed by atoms with Crippen molar-refractivity contribution in [1.82, 2.24) is 9.78 Å². The second-order valence-corrected chi connectivity index (χ2v) is 6.31. The molecular formula is C13H16ClN3OS. The van der Waals surface area contributed by atoms with Gasteiger partial charge in [-0.05, 0) is 26.0 Å². The van der Waals surface area contributed by atoms with E-state index in [2.05, 4.69) is 36.4 Å². The maximum atomic E-state index is 11.7. The molecule has 0 amide bonds. The summed E-state index contributed by atoms with van der Waals surface area (Å²) in [5.74, 6) is 0. The van der Waals surface area contributed by atoms with E-state index in [4.69, 9.17) is 11.6 Å². The summed E-state index contributed by atoms with van der Waals surface area (Å²) in [4.78, 5) is 14.3. The molecule has 1 atom stereocenters. The zero-order valence-corrected chi connectivity index (χ0v) is 12.7. The zero-order chi connectivity index (χ0) is 14.0. The summed E-state index contributed by atoms with van der Waals surface area (Å²) in [5.41, 5.74) is 0.302. The minimum absolute atomic E-state index is 0.185. The summed E-state index contributed by atoms with van der Waals surface area (Å²) in [5, 5.41) is 7.39. The van der Waals surface area contributed by atoms with E-state index < -0.39 is 0 Å². The summed E-state index contributed by atoms with van der Waals surface area (Å²) in [6, 6.07) is 4.42. The van der Waals surface area contributed by atoms with Gasteiger partial charge in [0.25, 0.3) is 5.56 Å². The monoisotopic (exact) mass is 297 g/mol. The molecule has 0 aliphatic carbocycles. The van der Waals surface area contributed by atoms with Crippen LogP contribution in [-0.4, -0.2) is 15.8 Å². The Balaban J connectivity index is 2.09. The maximum Gasteiger partial charge on any atom is 0.287 e. The Labute approximate surface area is 121 Å². The Kier molecular flexibility index (Phi) is 4.27. The highest BCUT2D eigenvalue weighted by Gasteiger charge is 2.11. The first-order chi connectivity index (χ1) is 8.97. The molecule has 1 unspecified atom stereocenters. The van der Waals surface area contributed by atoms with Gasteiger partial charge in [0.05, 0.1) is 11.9 Å². The highest BCUT2D eigenvalue weighted by Crippen LogP contribution is 2.20. The number of nitrogens with one attached hydrogen (secondary N) is 1. The van der Waals surface area contributed by atoms with E-state index in [-0.39, 0.29) is 16.6 Å². The second-order valence-electron chi connectivity index (χ2n) is 4.56. The first-order valence-corrected chi connectivity index (χ1v) is 7.20. The van der Waals surface area contributed by atoms with Crippen molar-refractivity contribution < 1.29 is 0 Å². The summed E-state index contributed by atoms with van der Waals surface area (Å²) in [6.45, 7) is 4.15. The normalized spacial score (nSPS) is 12.4. The molecule has 0 aliphatic rings. The van der Waals surface area contributed by atoms with E-state index in [0.29, 0.717) is 5.69 Å². The van der Waals surface area contributed by atoms with E-state index in [9.17, 15) is 4.79 Å². The fourth-order valence-corrected chi connectivity index (χ4v) is 3.07. The van der Waals surface area contributed by atoms with E-state index in [1.165, 1.54) is 14.4 Å². The number of hydrogen-bond donors (Lipinski definition) is 1. The van der Waals surface area contributed by atoms with Crippen molar-refractivity contribution >= 4 is 28.6 Å². The molecule has 102 valence electrons. The quantitative estimate of drug-likeness (QED) is 0.944. The van der Waals surface area contributed by atoms with Gasteiger partial charge in [0.1, 0.15) is 5.02 Å². The summed E-state index contributed by atoms with van der Waals surface area (Å²) in [6.07, 6.45) is 2.48. The molecule has 2 heterocycles. The fourth-order valence-electron chi connectivity index (χ4n) is 1.82. The Bertz CT molecular complexity index is 635. The molecule has 2 aromatic heterocycles. The minimum Gasteiger partial charge on any atom is -0.380 e. The predicted molar refractivity (Wildman–Crippen MR) is 80.3 cm³/mol. The zero-order valence-electron chi connectivity index (χ0n) is 11.1. The van der Waals surface area contributed by atoms with Crippen LogP contribution in [0.4, 0.5) is 5.69 Å². The van der Waals surface area contributed by atoms with Crippen LogP contribution < -0.4 is 10.9 Å². The van der Waals surface area contributed by atoms with Crippen LogP contribution >= 0.6 is 22.9 Å². The summed E-state index contributed by atoms with van der Waals surface area (Å²) in [7, 11) is 1.58. The second kappa shape index (κ2) is 5.75. The third-order valence-electron chi connectivity index (χ3n) is 2.78. The molecule has 0 saturated carbocycles. The van der Waals surface area contributed by atoms with Crippen LogP contribution in [0.25, 0.3) is 0 Å². The molecular weight excluding hydrogens is 282 g/mol. The van der Waals surface area contributed by atoms with Gasteiger partial charge in [-0.2, -0.15) is 5.10 Å². The van der Waals surface area contributed by atoms with Gasteiger partial charge in [-0.1, -0.05) is 11.6 Å². The van der Waals surface area contributed by atoms with Gasteiger partial charge < -0.3 is 5.32 Å². The Hall–Kier alpha value is -1.33. The van der Waals surface area contributed by atoms with Gasteiger partial charge in [-0.3, -0.25) is 4.79 Å². The number of nitrogens with zero attached hydrogens (tertiary/aromatic N) is 2. The van der Waals surface area contributed by atoms with Crippen molar-refractivity contribution in [2.75, 3.05) is 5.32 Å². The van der Waals surface area contributed by atoms with Crippen LogP contribution in [0.15, 0.2) is 23.1 Å².